The Labute approximate surface area is 186 Å². The number of rotatable bonds is 7. The molecule has 3 N–H and O–H groups in total. The first-order valence-electron chi connectivity index (χ1n) is 10.1. The molecule has 3 aromatic carbocycles. The molecule has 0 fully saturated rings. The summed E-state index contributed by atoms with van der Waals surface area (Å²) in [6, 6.07) is 21.5. The van der Waals surface area contributed by atoms with Crippen molar-refractivity contribution in [2.75, 3.05) is 12.4 Å². The average Bonchev–Trinajstić information content (AvgIpc) is 2.82. The van der Waals surface area contributed by atoms with E-state index in [9.17, 15) is 14.4 Å². The molecule has 32 heavy (non-hydrogen) atoms. The van der Waals surface area contributed by atoms with Gasteiger partial charge in [-0.05, 0) is 42.3 Å². The number of nitrogens with one attached hydrogen (secondary N) is 3. The van der Waals surface area contributed by atoms with E-state index in [1.807, 2.05) is 55.5 Å². The zero-order chi connectivity index (χ0) is 22.9. The van der Waals surface area contributed by atoms with Crippen LogP contribution in [0.5, 0.6) is 5.75 Å². The minimum absolute atomic E-state index is 0.233. The third kappa shape index (κ3) is 6.18. The second kappa shape index (κ2) is 10.8. The first-order chi connectivity index (χ1) is 15.5. The molecule has 0 aromatic heterocycles. The van der Waals surface area contributed by atoms with Gasteiger partial charge in [0.2, 0.25) is 0 Å². The number of carbonyl (C=O) groups is 3. The number of anilines is 1. The van der Waals surface area contributed by atoms with Crippen molar-refractivity contribution in [2.45, 2.75) is 20.0 Å². The first kappa shape index (κ1) is 22.6. The van der Waals surface area contributed by atoms with Gasteiger partial charge in [0, 0.05) is 13.1 Å². The summed E-state index contributed by atoms with van der Waals surface area (Å²) in [6.07, 6.45) is 0. The van der Waals surface area contributed by atoms with E-state index >= 15 is 0 Å². The Balaban J connectivity index is 1.58. The first-order valence-corrected chi connectivity index (χ1v) is 10.1. The summed E-state index contributed by atoms with van der Waals surface area (Å²) < 4.78 is 5.12. The van der Waals surface area contributed by atoms with Gasteiger partial charge in [-0.25, -0.2) is 0 Å². The fourth-order valence-electron chi connectivity index (χ4n) is 2.96. The van der Waals surface area contributed by atoms with Crippen LogP contribution in [0, 0.1) is 6.92 Å². The molecular formula is C25H25N3O4. The summed E-state index contributed by atoms with van der Waals surface area (Å²) in [6.45, 7) is 2.51. The van der Waals surface area contributed by atoms with Gasteiger partial charge in [0.05, 0.1) is 18.4 Å². The molecule has 0 heterocycles. The third-order valence-electron chi connectivity index (χ3n) is 4.81. The van der Waals surface area contributed by atoms with Crippen molar-refractivity contribution in [2.24, 2.45) is 0 Å². The Morgan fingerprint density at radius 1 is 0.750 bits per heavy atom. The van der Waals surface area contributed by atoms with Crippen LogP contribution in [-0.2, 0) is 22.7 Å². The lowest BCUT2D eigenvalue weighted by Crippen LogP contribution is -2.35. The normalized spacial score (nSPS) is 10.2. The largest absolute Gasteiger partial charge is 0.497 e. The molecule has 0 saturated heterocycles. The zero-order valence-corrected chi connectivity index (χ0v) is 18.0. The molecule has 3 rings (SSSR count). The molecule has 0 aliphatic carbocycles. The molecule has 7 nitrogen and oxygen atoms in total. The maximum absolute atomic E-state index is 12.7. The summed E-state index contributed by atoms with van der Waals surface area (Å²) in [5.41, 5.74) is 3.42. The van der Waals surface area contributed by atoms with E-state index in [1.165, 1.54) is 0 Å². The number of aryl methyl sites for hydroxylation is 1. The Morgan fingerprint density at radius 3 is 2.00 bits per heavy atom. The van der Waals surface area contributed by atoms with Gasteiger partial charge in [-0.3, -0.25) is 14.4 Å². The van der Waals surface area contributed by atoms with Gasteiger partial charge in [-0.1, -0.05) is 54.1 Å². The molecule has 3 amide bonds. The van der Waals surface area contributed by atoms with E-state index in [0.717, 1.165) is 22.4 Å². The third-order valence-corrected chi connectivity index (χ3v) is 4.81. The van der Waals surface area contributed by atoms with Crippen molar-refractivity contribution in [3.8, 4) is 5.75 Å². The van der Waals surface area contributed by atoms with Gasteiger partial charge in [0.25, 0.3) is 5.91 Å². The highest BCUT2D eigenvalue weighted by atomic mass is 16.5. The van der Waals surface area contributed by atoms with E-state index in [0.29, 0.717) is 6.54 Å². The molecular weight excluding hydrogens is 406 g/mol. The highest BCUT2D eigenvalue weighted by Crippen LogP contribution is 2.16. The van der Waals surface area contributed by atoms with E-state index in [4.69, 9.17) is 4.74 Å². The zero-order valence-electron chi connectivity index (χ0n) is 18.0. The van der Waals surface area contributed by atoms with E-state index < -0.39 is 11.8 Å². The van der Waals surface area contributed by atoms with Crippen LogP contribution in [0.3, 0.4) is 0 Å². The van der Waals surface area contributed by atoms with Crippen LogP contribution in [0.1, 0.15) is 27.0 Å². The molecule has 7 heteroatoms. The average molecular weight is 431 g/mol. The number of benzene rings is 3. The smallest absolute Gasteiger partial charge is 0.313 e. The lowest BCUT2D eigenvalue weighted by Gasteiger charge is -2.12. The summed E-state index contributed by atoms with van der Waals surface area (Å²) in [5, 5.41) is 7.92. The number of methoxy groups -OCH3 is 1. The second-order valence-corrected chi connectivity index (χ2v) is 7.20. The number of ether oxygens (including phenoxy) is 1. The lowest BCUT2D eigenvalue weighted by atomic mass is 10.1. The van der Waals surface area contributed by atoms with Gasteiger partial charge in [0.15, 0.2) is 0 Å². The van der Waals surface area contributed by atoms with Crippen LogP contribution in [0.15, 0.2) is 72.8 Å². The monoisotopic (exact) mass is 431 g/mol. The Hall–Kier alpha value is -4.13. The standard InChI is InChI=1S/C25H25N3O4/c1-17-7-9-18(10-8-17)16-27-24(30)25(31)28-22-6-4-3-5-21(22)23(29)26-15-19-11-13-20(32-2)14-12-19/h3-14H,15-16H2,1-2H3,(H,26,29)(H,27,30)(H,28,31). The summed E-state index contributed by atoms with van der Waals surface area (Å²) in [5.74, 6) is -1.25. The lowest BCUT2D eigenvalue weighted by molar-refractivity contribution is -0.136. The maximum atomic E-state index is 12.7. The minimum Gasteiger partial charge on any atom is -0.497 e. The molecule has 0 saturated carbocycles. The fourth-order valence-corrected chi connectivity index (χ4v) is 2.96. The second-order valence-electron chi connectivity index (χ2n) is 7.20. The number of amides is 3. The van der Waals surface area contributed by atoms with Crippen molar-refractivity contribution in [1.29, 1.82) is 0 Å². The number of hydrogen-bond donors (Lipinski definition) is 3. The molecule has 3 aromatic rings. The molecule has 0 bridgehead atoms. The molecule has 0 unspecified atom stereocenters. The van der Waals surface area contributed by atoms with Crippen molar-refractivity contribution in [3.63, 3.8) is 0 Å². The molecule has 0 spiro atoms. The Kier molecular flexibility index (Phi) is 7.59. The van der Waals surface area contributed by atoms with Gasteiger partial charge >= 0.3 is 11.8 Å². The highest BCUT2D eigenvalue weighted by Gasteiger charge is 2.17. The quantitative estimate of drug-likeness (QED) is 0.501. The summed E-state index contributed by atoms with van der Waals surface area (Å²) >= 11 is 0. The predicted molar refractivity (Wildman–Crippen MR) is 122 cm³/mol. The van der Waals surface area contributed by atoms with Crippen molar-refractivity contribution >= 4 is 23.4 Å². The summed E-state index contributed by atoms with van der Waals surface area (Å²) in [4.78, 5) is 37.2. The Bertz CT molecular complexity index is 1090. The van der Waals surface area contributed by atoms with Crippen molar-refractivity contribution in [1.82, 2.24) is 10.6 Å². The van der Waals surface area contributed by atoms with E-state index in [-0.39, 0.29) is 23.7 Å². The van der Waals surface area contributed by atoms with Crippen molar-refractivity contribution in [3.05, 3.63) is 95.1 Å². The number of carbonyl (C=O) groups excluding carboxylic acids is 3. The van der Waals surface area contributed by atoms with Gasteiger partial charge in [-0.2, -0.15) is 0 Å². The van der Waals surface area contributed by atoms with Crippen LogP contribution < -0.4 is 20.7 Å². The van der Waals surface area contributed by atoms with E-state index in [2.05, 4.69) is 16.0 Å². The highest BCUT2D eigenvalue weighted by molar-refractivity contribution is 6.40. The van der Waals surface area contributed by atoms with Crippen LogP contribution >= 0.6 is 0 Å². The van der Waals surface area contributed by atoms with Gasteiger partial charge in [0.1, 0.15) is 5.75 Å². The van der Waals surface area contributed by atoms with Crippen molar-refractivity contribution < 1.29 is 19.1 Å². The SMILES string of the molecule is COc1ccc(CNC(=O)c2ccccc2NC(=O)C(=O)NCc2ccc(C)cc2)cc1. The fraction of sp³-hybridized carbons (Fsp3) is 0.160. The molecule has 0 atom stereocenters. The molecule has 0 radical (unpaired) electrons. The van der Waals surface area contributed by atoms with Crippen LogP contribution in [0.4, 0.5) is 5.69 Å². The number of para-hydroxylation sites is 1. The molecule has 0 aliphatic rings. The van der Waals surface area contributed by atoms with Gasteiger partial charge in [-0.15, -0.1) is 0 Å². The predicted octanol–water partition coefficient (Wildman–Crippen LogP) is 3.19. The minimum atomic E-state index is -0.840. The van der Waals surface area contributed by atoms with E-state index in [1.54, 1.807) is 31.4 Å². The topological polar surface area (TPSA) is 96.5 Å². The maximum Gasteiger partial charge on any atom is 0.313 e. The van der Waals surface area contributed by atoms with Gasteiger partial charge < -0.3 is 20.7 Å². The number of hydrogen-bond acceptors (Lipinski definition) is 4. The molecule has 0 aliphatic heterocycles. The molecule has 164 valence electrons. The van der Waals surface area contributed by atoms with Crippen LogP contribution in [0.2, 0.25) is 0 Å². The van der Waals surface area contributed by atoms with Crippen LogP contribution in [-0.4, -0.2) is 24.8 Å². The van der Waals surface area contributed by atoms with Crippen LogP contribution in [0.25, 0.3) is 0 Å². The summed E-state index contributed by atoms with van der Waals surface area (Å²) in [7, 11) is 1.59. The Morgan fingerprint density at radius 2 is 1.34 bits per heavy atom.